The molecule has 5 nitrogen and oxygen atoms in total. The highest BCUT2D eigenvalue weighted by Crippen LogP contribution is 2.48. The van der Waals surface area contributed by atoms with Gasteiger partial charge in [0.1, 0.15) is 0 Å². The average Bonchev–Trinajstić information content (AvgIpc) is 3.77. The van der Waals surface area contributed by atoms with Crippen LogP contribution in [0.5, 0.6) is 0 Å². The number of hydrogen-bond acceptors (Lipinski definition) is 3. The van der Waals surface area contributed by atoms with Crippen molar-refractivity contribution in [2.24, 2.45) is 0 Å². The van der Waals surface area contributed by atoms with Crippen molar-refractivity contribution in [3.63, 3.8) is 0 Å². The van der Waals surface area contributed by atoms with E-state index in [0.717, 1.165) is 44.5 Å². The summed E-state index contributed by atoms with van der Waals surface area (Å²) in [6.07, 6.45) is 2.35. The minimum absolute atomic E-state index is 0.0940. The summed E-state index contributed by atoms with van der Waals surface area (Å²) in [5.41, 5.74) is 12.9. The van der Waals surface area contributed by atoms with Crippen LogP contribution in [0.15, 0.2) is 164 Å². The largest absolute Gasteiger partial charge is 0.309 e. The first-order valence-electron chi connectivity index (χ1n) is 20.3. The zero-order chi connectivity index (χ0) is 39.2. The fourth-order valence-corrected chi connectivity index (χ4v) is 9.41. The highest BCUT2D eigenvalue weighted by Gasteiger charge is 2.38. The third kappa shape index (κ3) is 5.41. The van der Waals surface area contributed by atoms with Crippen molar-refractivity contribution in [1.29, 1.82) is 0 Å². The molecule has 11 rings (SSSR count). The molecule has 0 fully saturated rings. The first kappa shape index (κ1) is 34.4. The van der Waals surface area contributed by atoms with Gasteiger partial charge in [0.25, 0.3) is 0 Å². The minimum Gasteiger partial charge on any atom is -0.309 e. The fraction of sp³-hybridized carbons (Fsp3) is 0.151. The molecule has 5 heteroatoms. The SMILES string of the molecule is CC1(C)CCC(C)(C)c2cc3c(cc21)c1ccccc1n3-c1cccc(-c2nc(-c3ccccc3)nc(-c3ccc4c(c3)c3ccccc3n4-c3ccccc3)n2)c1. The molecular weight excluding hydrogens is 707 g/mol. The van der Waals surface area contributed by atoms with Gasteiger partial charge in [-0.05, 0) is 102 Å². The number of aromatic nitrogens is 5. The van der Waals surface area contributed by atoms with Crippen LogP contribution in [0, 0.1) is 0 Å². The van der Waals surface area contributed by atoms with E-state index in [9.17, 15) is 0 Å². The first-order valence-corrected chi connectivity index (χ1v) is 20.3. The summed E-state index contributed by atoms with van der Waals surface area (Å²) in [5, 5.41) is 4.90. The second-order valence-corrected chi connectivity index (χ2v) is 17.2. The summed E-state index contributed by atoms with van der Waals surface area (Å²) in [6, 6.07) is 58.5. The molecule has 7 aromatic carbocycles. The van der Waals surface area contributed by atoms with E-state index in [1.54, 1.807) is 0 Å². The van der Waals surface area contributed by atoms with Crippen LogP contribution in [-0.4, -0.2) is 24.1 Å². The Morgan fingerprint density at radius 1 is 0.362 bits per heavy atom. The number of fused-ring (bicyclic) bond motifs is 7. The molecule has 0 saturated heterocycles. The van der Waals surface area contributed by atoms with Crippen LogP contribution >= 0.6 is 0 Å². The molecule has 0 atom stereocenters. The van der Waals surface area contributed by atoms with Crippen LogP contribution in [0.25, 0.3) is 89.2 Å². The quantitative estimate of drug-likeness (QED) is 0.176. The molecule has 3 aromatic heterocycles. The average molecular weight is 750 g/mol. The van der Waals surface area contributed by atoms with E-state index in [4.69, 9.17) is 15.0 Å². The highest BCUT2D eigenvalue weighted by atomic mass is 15.0. The standard InChI is InChI=1S/C53H43N5/c1-52(2)28-29-53(3,4)44-33-48-42(32-43(44)52)40-23-12-14-25-46(40)58(48)38-21-15-18-35(30-38)50-54-49(34-16-7-5-8-17-34)55-51(56-50)36-26-27-47-41(31-36)39-22-11-13-24-45(39)57(47)37-19-9-6-10-20-37/h5-27,30-33H,28-29H2,1-4H3. The van der Waals surface area contributed by atoms with Crippen molar-refractivity contribution >= 4 is 43.6 Å². The lowest BCUT2D eigenvalue weighted by Crippen LogP contribution is -2.33. The van der Waals surface area contributed by atoms with Crippen molar-refractivity contribution in [3.05, 3.63) is 175 Å². The van der Waals surface area contributed by atoms with Gasteiger partial charge in [0.05, 0.1) is 22.1 Å². The third-order valence-corrected chi connectivity index (χ3v) is 12.6. The predicted octanol–water partition coefficient (Wildman–Crippen LogP) is 13.4. The van der Waals surface area contributed by atoms with Crippen LogP contribution in [0.3, 0.4) is 0 Å². The van der Waals surface area contributed by atoms with Gasteiger partial charge in [-0.2, -0.15) is 0 Å². The van der Waals surface area contributed by atoms with E-state index in [1.165, 1.54) is 51.2 Å². The van der Waals surface area contributed by atoms with Crippen molar-refractivity contribution < 1.29 is 0 Å². The van der Waals surface area contributed by atoms with E-state index >= 15 is 0 Å². The van der Waals surface area contributed by atoms with Gasteiger partial charge >= 0.3 is 0 Å². The second-order valence-electron chi connectivity index (χ2n) is 17.2. The number of rotatable bonds is 5. The third-order valence-electron chi connectivity index (χ3n) is 12.6. The number of benzene rings is 7. The van der Waals surface area contributed by atoms with E-state index in [2.05, 4.69) is 182 Å². The maximum atomic E-state index is 5.25. The molecule has 1 aliphatic carbocycles. The molecule has 58 heavy (non-hydrogen) atoms. The normalized spacial score (nSPS) is 14.7. The van der Waals surface area contributed by atoms with Gasteiger partial charge in [0, 0.05) is 49.6 Å². The zero-order valence-corrected chi connectivity index (χ0v) is 33.2. The molecule has 0 unspecified atom stereocenters. The Morgan fingerprint density at radius 3 is 1.48 bits per heavy atom. The van der Waals surface area contributed by atoms with E-state index < -0.39 is 0 Å². The maximum absolute atomic E-state index is 5.25. The Kier molecular flexibility index (Phi) is 7.61. The predicted molar refractivity (Wildman–Crippen MR) is 240 cm³/mol. The summed E-state index contributed by atoms with van der Waals surface area (Å²) in [5.74, 6) is 1.92. The summed E-state index contributed by atoms with van der Waals surface area (Å²) < 4.78 is 4.77. The van der Waals surface area contributed by atoms with Gasteiger partial charge in [0.15, 0.2) is 17.5 Å². The molecular formula is C53H43N5. The molecule has 1 aliphatic rings. The Hall–Kier alpha value is -6.85. The molecule has 0 saturated carbocycles. The molecule has 10 aromatic rings. The van der Waals surface area contributed by atoms with E-state index in [1.807, 2.05) is 18.2 Å². The monoisotopic (exact) mass is 749 g/mol. The highest BCUT2D eigenvalue weighted by molar-refractivity contribution is 6.11. The van der Waals surface area contributed by atoms with Crippen molar-refractivity contribution in [2.45, 2.75) is 51.4 Å². The molecule has 0 radical (unpaired) electrons. The molecule has 0 amide bonds. The molecule has 0 bridgehead atoms. The lowest BCUT2D eigenvalue weighted by Gasteiger charge is -2.42. The summed E-state index contributed by atoms with van der Waals surface area (Å²) in [7, 11) is 0. The van der Waals surface area contributed by atoms with Crippen LogP contribution in [0.2, 0.25) is 0 Å². The van der Waals surface area contributed by atoms with Gasteiger partial charge in [-0.25, -0.2) is 15.0 Å². The first-order chi connectivity index (χ1) is 28.2. The van der Waals surface area contributed by atoms with Gasteiger partial charge < -0.3 is 9.13 Å². The second kappa shape index (κ2) is 12.8. The summed E-state index contributed by atoms with van der Waals surface area (Å²) in [4.78, 5) is 15.5. The van der Waals surface area contributed by atoms with Crippen LogP contribution < -0.4 is 0 Å². The molecule has 0 spiro atoms. The maximum Gasteiger partial charge on any atom is 0.164 e. The van der Waals surface area contributed by atoms with E-state index in [-0.39, 0.29) is 10.8 Å². The molecule has 0 aliphatic heterocycles. The van der Waals surface area contributed by atoms with Crippen molar-refractivity contribution in [2.75, 3.05) is 0 Å². The van der Waals surface area contributed by atoms with Gasteiger partial charge in [-0.3, -0.25) is 0 Å². The fourth-order valence-electron chi connectivity index (χ4n) is 9.41. The Balaban J connectivity index is 1.10. The lowest BCUT2D eigenvalue weighted by molar-refractivity contribution is 0.332. The topological polar surface area (TPSA) is 48.5 Å². The van der Waals surface area contributed by atoms with Crippen molar-refractivity contribution in [3.8, 4) is 45.5 Å². The van der Waals surface area contributed by atoms with Crippen LogP contribution in [0.4, 0.5) is 0 Å². The molecule has 3 heterocycles. The summed E-state index contributed by atoms with van der Waals surface area (Å²) >= 11 is 0. The van der Waals surface area contributed by atoms with E-state index in [0.29, 0.717) is 17.5 Å². The van der Waals surface area contributed by atoms with Gasteiger partial charge in [0.2, 0.25) is 0 Å². The molecule has 0 N–H and O–H groups in total. The number of hydrogen-bond donors (Lipinski definition) is 0. The van der Waals surface area contributed by atoms with Crippen LogP contribution in [0.1, 0.15) is 51.7 Å². The van der Waals surface area contributed by atoms with Crippen molar-refractivity contribution in [1.82, 2.24) is 24.1 Å². The minimum atomic E-state index is 0.0940. The van der Waals surface area contributed by atoms with Gasteiger partial charge in [-0.1, -0.05) is 125 Å². The Labute approximate surface area is 338 Å². The smallest absolute Gasteiger partial charge is 0.164 e. The Bertz CT molecular complexity index is 3220. The number of para-hydroxylation sites is 3. The molecule has 280 valence electrons. The Morgan fingerprint density at radius 2 is 0.828 bits per heavy atom. The summed E-state index contributed by atoms with van der Waals surface area (Å²) in [6.45, 7) is 9.62. The lowest BCUT2D eigenvalue weighted by atomic mass is 9.63. The van der Waals surface area contributed by atoms with Gasteiger partial charge in [-0.15, -0.1) is 0 Å². The zero-order valence-electron chi connectivity index (χ0n) is 33.2. The van der Waals surface area contributed by atoms with Crippen LogP contribution in [-0.2, 0) is 10.8 Å². The number of nitrogens with zero attached hydrogens (tertiary/aromatic N) is 5.